The van der Waals surface area contributed by atoms with Crippen LogP contribution in [0.3, 0.4) is 0 Å². The molecule has 0 saturated heterocycles. The summed E-state index contributed by atoms with van der Waals surface area (Å²) in [5, 5.41) is 3.18. The zero-order chi connectivity index (χ0) is 18.1. The number of carbonyl (C=O) groups excluding carboxylic acids is 1. The maximum atomic E-state index is 13.2. The Morgan fingerprint density at radius 1 is 1.00 bits per heavy atom. The number of benzene rings is 2. The van der Waals surface area contributed by atoms with Crippen LogP contribution in [0.25, 0.3) is 0 Å². The molecular weight excluding hydrogens is 386 g/mol. The van der Waals surface area contributed by atoms with E-state index in [1.165, 1.54) is 8.61 Å². The fraction of sp³-hybridized carbons (Fsp3) is 0.316. The third-order valence-electron chi connectivity index (χ3n) is 4.63. The first kappa shape index (κ1) is 19.7. The minimum absolute atomic E-state index is 0. The van der Waals surface area contributed by atoms with Gasteiger partial charge in [0.1, 0.15) is 5.78 Å². The van der Waals surface area contributed by atoms with Gasteiger partial charge in [-0.25, -0.2) is 4.31 Å². The molecule has 0 unspecified atom stereocenters. The SMILES string of the molecule is Cl.O=C(CCN1c2ccccc2N(c2ccccc2)S1(=O)=O)CNC1CC1. The van der Waals surface area contributed by atoms with Crippen LogP contribution in [0.2, 0.25) is 0 Å². The van der Waals surface area contributed by atoms with Crippen LogP contribution in [0.1, 0.15) is 19.3 Å². The standard InChI is InChI=1S/C19H21N3O3S.ClH/c23-17(14-20-15-10-11-15)12-13-21-18-8-4-5-9-19(18)22(26(21,24)25)16-6-2-1-3-7-16;/h1-9,15,20H,10-14H2;1H. The highest BCUT2D eigenvalue weighted by atomic mass is 35.5. The summed E-state index contributed by atoms with van der Waals surface area (Å²) in [5.41, 5.74) is 1.81. The summed E-state index contributed by atoms with van der Waals surface area (Å²) in [6, 6.07) is 16.7. The predicted octanol–water partition coefficient (Wildman–Crippen LogP) is 3.02. The lowest BCUT2D eigenvalue weighted by molar-refractivity contribution is -0.118. The van der Waals surface area contributed by atoms with Crippen molar-refractivity contribution in [2.45, 2.75) is 25.3 Å². The molecule has 1 aliphatic carbocycles. The number of rotatable bonds is 7. The zero-order valence-corrected chi connectivity index (χ0v) is 16.4. The van der Waals surface area contributed by atoms with Crippen molar-refractivity contribution < 1.29 is 13.2 Å². The van der Waals surface area contributed by atoms with Gasteiger partial charge in [0.2, 0.25) is 0 Å². The zero-order valence-electron chi connectivity index (χ0n) is 14.7. The quantitative estimate of drug-likeness (QED) is 0.765. The number of hydrogen-bond acceptors (Lipinski definition) is 4. The number of para-hydroxylation sites is 3. The van der Waals surface area contributed by atoms with Crippen LogP contribution in [0.5, 0.6) is 0 Å². The van der Waals surface area contributed by atoms with E-state index in [0.29, 0.717) is 29.6 Å². The fourth-order valence-corrected chi connectivity index (χ4v) is 4.84. The Kier molecular flexibility index (Phi) is 5.74. The largest absolute Gasteiger partial charge is 0.330 e. The van der Waals surface area contributed by atoms with Gasteiger partial charge in [0, 0.05) is 19.0 Å². The number of nitrogens with zero attached hydrogens (tertiary/aromatic N) is 2. The van der Waals surface area contributed by atoms with Gasteiger partial charge in [0.05, 0.1) is 23.6 Å². The molecule has 6 nitrogen and oxygen atoms in total. The number of anilines is 3. The molecule has 0 atom stereocenters. The third-order valence-corrected chi connectivity index (χ3v) is 6.43. The van der Waals surface area contributed by atoms with E-state index in [1.54, 1.807) is 24.3 Å². The van der Waals surface area contributed by atoms with E-state index in [9.17, 15) is 13.2 Å². The van der Waals surface area contributed by atoms with Gasteiger partial charge in [-0.2, -0.15) is 8.42 Å². The van der Waals surface area contributed by atoms with Gasteiger partial charge in [-0.1, -0.05) is 30.3 Å². The minimum Gasteiger partial charge on any atom is -0.307 e. The highest BCUT2D eigenvalue weighted by Gasteiger charge is 2.41. The van der Waals surface area contributed by atoms with Crippen LogP contribution in [-0.4, -0.2) is 33.3 Å². The Morgan fingerprint density at radius 3 is 2.30 bits per heavy atom. The van der Waals surface area contributed by atoms with Gasteiger partial charge in [-0.15, -0.1) is 12.4 Å². The van der Waals surface area contributed by atoms with Crippen molar-refractivity contribution in [3.8, 4) is 0 Å². The van der Waals surface area contributed by atoms with Gasteiger partial charge in [0.25, 0.3) is 0 Å². The topological polar surface area (TPSA) is 69.7 Å². The lowest BCUT2D eigenvalue weighted by Gasteiger charge is -2.21. The number of Topliss-reactive ketones (excluding diaryl/α,β-unsaturated/α-hetero) is 1. The summed E-state index contributed by atoms with van der Waals surface area (Å²) in [5.74, 6) is 0.0303. The smallest absolute Gasteiger partial charge is 0.307 e. The van der Waals surface area contributed by atoms with Crippen LogP contribution in [0.15, 0.2) is 54.6 Å². The lowest BCUT2D eigenvalue weighted by Crippen LogP contribution is -2.37. The number of carbonyl (C=O) groups is 1. The van der Waals surface area contributed by atoms with E-state index >= 15 is 0 Å². The molecule has 2 aromatic carbocycles. The molecular formula is C19H22ClN3O3S. The van der Waals surface area contributed by atoms with Crippen LogP contribution >= 0.6 is 12.4 Å². The highest BCUT2D eigenvalue weighted by molar-refractivity contribution is 7.95. The van der Waals surface area contributed by atoms with Crippen molar-refractivity contribution in [1.82, 2.24) is 5.32 Å². The second kappa shape index (κ2) is 7.88. The molecule has 144 valence electrons. The van der Waals surface area contributed by atoms with Crippen LogP contribution in [-0.2, 0) is 15.0 Å². The minimum atomic E-state index is -3.76. The Bertz CT molecular complexity index is 917. The highest BCUT2D eigenvalue weighted by Crippen LogP contribution is 2.44. The predicted molar refractivity (Wildman–Crippen MR) is 109 cm³/mol. The number of nitrogens with one attached hydrogen (secondary N) is 1. The number of ketones is 1. The van der Waals surface area contributed by atoms with E-state index in [4.69, 9.17) is 0 Å². The number of hydrogen-bond donors (Lipinski definition) is 1. The molecule has 0 bridgehead atoms. The molecule has 2 aliphatic rings. The molecule has 1 saturated carbocycles. The van der Waals surface area contributed by atoms with Crippen molar-refractivity contribution in [3.05, 3.63) is 54.6 Å². The molecule has 1 aliphatic heterocycles. The van der Waals surface area contributed by atoms with Gasteiger partial charge in [-0.05, 0) is 37.1 Å². The molecule has 0 radical (unpaired) electrons. The Hall–Kier alpha value is -2.09. The van der Waals surface area contributed by atoms with Crippen LogP contribution in [0, 0.1) is 0 Å². The summed E-state index contributed by atoms with van der Waals surface area (Å²) in [6.45, 7) is 0.455. The Labute approximate surface area is 165 Å². The van der Waals surface area contributed by atoms with Crippen molar-refractivity contribution >= 4 is 45.5 Å². The Morgan fingerprint density at radius 2 is 1.63 bits per heavy atom. The van der Waals surface area contributed by atoms with Crippen LogP contribution < -0.4 is 13.9 Å². The van der Waals surface area contributed by atoms with Crippen molar-refractivity contribution in [3.63, 3.8) is 0 Å². The number of halogens is 1. The molecule has 1 N–H and O–H groups in total. The summed E-state index contributed by atoms with van der Waals surface area (Å²) in [7, 11) is -3.76. The van der Waals surface area contributed by atoms with Gasteiger partial charge in [0.15, 0.2) is 0 Å². The van der Waals surface area contributed by atoms with E-state index < -0.39 is 10.2 Å². The monoisotopic (exact) mass is 407 g/mol. The molecule has 1 heterocycles. The second-order valence-corrected chi connectivity index (χ2v) is 8.31. The maximum absolute atomic E-state index is 13.2. The first-order chi connectivity index (χ1) is 12.6. The lowest BCUT2D eigenvalue weighted by atomic mass is 10.2. The Balaban J connectivity index is 0.00000210. The van der Waals surface area contributed by atoms with E-state index in [2.05, 4.69) is 5.32 Å². The van der Waals surface area contributed by atoms with Crippen molar-refractivity contribution in [1.29, 1.82) is 0 Å². The van der Waals surface area contributed by atoms with E-state index in [0.717, 1.165) is 12.8 Å². The number of fused-ring (bicyclic) bond motifs is 1. The van der Waals surface area contributed by atoms with Gasteiger partial charge >= 0.3 is 10.2 Å². The molecule has 1 fully saturated rings. The van der Waals surface area contributed by atoms with Gasteiger partial charge < -0.3 is 5.32 Å². The average molecular weight is 408 g/mol. The van der Waals surface area contributed by atoms with E-state index in [1.807, 2.05) is 30.3 Å². The molecule has 0 amide bonds. The molecule has 0 aromatic heterocycles. The second-order valence-electron chi connectivity index (χ2n) is 6.61. The van der Waals surface area contributed by atoms with Crippen molar-refractivity contribution in [2.24, 2.45) is 0 Å². The van der Waals surface area contributed by atoms with E-state index in [-0.39, 0.29) is 31.2 Å². The van der Waals surface area contributed by atoms with Crippen molar-refractivity contribution in [2.75, 3.05) is 21.7 Å². The first-order valence-corrected chi connectivity index (χ1v) is 10.2. The third kappa shape index (κ3) is 3.95. The maximum Gasteiger partial charge on any atom is 0.330 e. The molecule has 27 heavy (non-hydrogen) atoms. The summed E-state index contributed by atoms with van der Waals surface area (Å²) < 4.78 is 29.0. The summed E-state index contributed by atoms with van der Waals surface area (Å²) in [6.07, 6.45) is 2.43. The molecule has 8 heteroatoms. The first-order valence-electron chi connectivity index (χ1n) is 8.79. The average Bonchev–Trinajstić information content (AvgIpc) is 3.43. The molecule has 2 aromatic rings. The summed E-state index contributed by atoms with van der Waals surface area (Å²) >= 11 is 0. The van der Waals surface area contributed by atoms with Gasteiger partial charge in [-0.3, -0.25) is 9.10 Å². The van der Waals surface area contributed by atoms with Crippen LogP contribution in [0.4, 0.5) is 17.1 Å². The molecule has 0 spiro atoms. The summed E-state index contributed by atoms with van der Waals surface area (Å²) in [4.78, 5) is 12.1. The fourth-order valence-electron chi connectivity index (χ4n) is 3.13. The normalized spacial score (nSPS) is 17.3. The molecule has 4 rings (SSSR count).